The molecule has 5 heteroatoms. The van der Waals surface area contributed by atoms with Crippen molar-refractivity contribution in [3.05, 3.63) is 24.0 Å². The van der Waals surface area contributed by atoms with Crippen LogP contribution in [0.1, 0.15) is 5.56 Å². The molecule has 1 aromatic heterocycles. The molecule has 1 fully saturated rings. The van der Waals surface area contributed by atoms with Gasteiger partial charge in [0.05, 0.1) is 13.2 Å². The summed E-state index contributed by atoms with van der Waals surface area (Å²) in [7, 11) is 3.67. The van der Waals surface area contributed by atoms with Gasteiger partial charge in [0.15, 0.2) is 0 Å². The van der Waals surface area contributed by atoms with Gasteiger partial charge in [-0.1, -0.05) is 0 Å². The third-order valence-corrected chi connectivity index (χ3v) is 3.26. The van der Waals surface area contributed by atoms with Crippen LogP contribution in [-0.4, -0.2) is 60.2 Å². The van der Waals surface area contributed by atoms with Crippen molar-refractivity contribution in [3.8, 4) is 0 Å². The number of piperazine rings is 1. The number of carbonyl (C=O) groups excluding carboxylic acids is 1. The largest absolute Gasteiger partial charge is 0.383 e. The van der Waals surface area contributed by atoms with E-state index in [1.165, 1.54) is 5.56 Å². The number of hydrogen-bond acceptors (Lipinski definition) is 3. The zero-order chi connectivity index (χ0) is 13.0. The van der Waals surface area contributed by atoms with Crippen LogP contribution in [0, 0.1) is 0 Å². The predicted octanol–water partition coefficient (Wildman–Crippen LogP) is 0.316. The lowest BCUT2D eigenvalue weighted by Gasteiger charge is -2.34. The van der Waals surface area contributed by atoms with E-state index in [0.717, 1.165) is 19.6 Å². The lowest BCUT2D eigenvalue weighted by Crippen LogP contribution is -2.50. The molecule has 1 aliphatic rings. The Morgan fingerprint density at radius 1 is 1.39 bits per heavy atom. The van der Waals surface area contributed by atoms with E-state index < -0.39 is 0 Å². The number of amides is 1. The van der Waals surface area contributed by atoms with Gasteiger partial charge >= 0.3 is 0 Å². The lowest BCUT2D eigenvalue weighted by molar-refractivity contribution is -0.136. The van der Waals surface area contributed by atoms with Crippen LogP contribution >= 0.6 is 0 Å². The van der Waals surface area contributed by atoms with Crippen LogP contribution in [0.2, 0.25) is 0 Å². The number of ether oxygens (including phenoxy) is 1. The van der Waals surface area contributed by atoms with Crippen LogP contribution in [0.4, 0.5) is 0 Å². The lowest BCUT2D eigenvalue weighted by atomic mass is 10.2. The fraction of sp³-hybridized carbons (Fsp3) is 0.615. The first-order valence-corrected chi connectivity index (χ1v) is 6.29. The maximum Gasteiger partial charge on any atom is 0.236 e. The van der Waals surface area contributed by atoms with Crippen LogP contribution < -0.4 is 0 Å². The van der Waals surface area contributed by atoms with Crippen molar-refractivity contribution in [2.24, 2.45) is 7.05 Å². The second kappa shape index (κ2) is 6.02. The van der Waals surface area contributed by atoms with Crippen molar-refractivity contribution in [2.75, 3.05) is 39.9 Å². The average molecular weight is 251 g/mol. The number of methoxy groups -OCH3 is 1. The van der Waals surface area contributed by atoms with Gasteiger partial charge in [0.1, 0.15) is 0 Å². The van der Waals surface area contributed by atoms with Crippen molar-refractivity contribution in [1.82, 2.24) is 14.4 Å². The number of nitrogens with zero attached hydrogens (tertiary/aromatic N) is 3. The average Bonchev–Trinajstić information content (AvgIpc) is 2.74. The van der Waals surface area contributed by atoms with E-state index in [0.29, 0.717) is 19.7 Å². The quantitative estimate of drug-likeness (QED) is 0.756. The third-order valence-electron chi connectivity index (χ3n) is 3.26. The van der Waals surface area contributed by atoms with Crippen molar-refractivity contribution in [2.45, 2.75) is 6.54 Å². The van der Waals surface area contributed by atoms with Crippen LogP contribution in [0.25, 0.3) is 0 Å². The zero-order valence-corrected chi connectivity index (χ0v) is 11.1. The Kier molecular flexibility index (Phi) is 4.38. The summed E-state index contributed by atoms with van der Waals surface area (Å²) in [5.41, 5.74) is 1.26. The van der Waals surface area contributed by atoms with Crippen molar-refractivity contribution >= 4 is 5.91 Å². The molecule has 5 nitrogen and oxygen atoms in total. The minimum Gasteiger partial charge on any atom is -0.383 e. The number of aromatic nitrogens is 1. The smallest absolute Gasteiger partial charge is 0.236 e. The van der Waals surface area contributed by atoms with Crippen LogP contribution in [-0.2, 0) is 23.1 Å². The van der Waals surface area contributed by atoms with E-state index in [2.05, 4.69) is 17.2 Å². The first kappa shape index (κ1) is 13.1. The summed E-state index contributed by atoms with van der Waals surface area (Å²) < 4.78 is 7.04. The fourth-order valence-corrected chi connectivity index (χ4v) is 2.24. The van der Waals surface area contributed by atoms with E-state index in [1.54, 1.807) is 7.11 Å². The summed E-state index contributed by atoms with van der Waals surface area (Å²) in [6.07, 6.45) is 4.13. The molecule has 100 valence electrons. The highest BCUT2D eigenvalue weighted by atomic mass is 16.5. The van der Waals surface area contributed by atoms with Crippen LogP contribution in [0.5, 0.6) is 0 Å². The topological polar surface area (TPSA) is 37.7 Å². The molecular formula is C13H21N3O2. The van der Waals surface area contributed by atoms with Gasteiger partial charge in [-0.05, 0) is 11.6 Å². The number of rotatable bonds is 5. The molecule has 0 radical (unpaired) electrons. The van der Waals surface area contributed by atoms with Gasteiger partial charge in [0.25, 0.3) is 0 Å². The fourth-order valence-electron chi connectivity index (χ4n) is 2.24. The SMILES string of the molecule is COCCN1CCN(Cc2ccn(C)c2)CC1=O. The molecule has 1 saturated heterocycles. The Balaban J connectivity index is 1.82. The van der Waals surface area contributed by atoms with Gasteiger partial charge in [-0.2, -0.15) is 0 Å². The maximum atomic E-state index is 11.9. The molecule has 18 heavy (non-hydrogen) atoms. The highest BCUT2D eigenvalue weighted by Gasteiger charge is 2.23. The molecule has 2 rings (SSSR count). The summed E-state index contributed by atoms with van der Waals surface area (Å²) in [5.74, 6) is 0.203. The molecule has 1 aliphatic heterocycles. The molecular weight excluding hydrogens is 230 g/mol. The molecule has 0 aliphatic carbocycles. The third kappa shape index (κ3) is 3.34. The first-order valence-electron chi connectivity index (χ1n) is 6.29. The predicted molar refractivity (Wildman–Crippen MR) is 69.1 cm³/mol. The second-order valence-electron chi connectivity index (χ2n) is 4.77. The minimum absolute atomic E-state index is 0.203. The second-order valence-corrected chi connectivity index (χ2v) is 4.77. The van der Waals surface area contributed by atoms with E-state index in [1.807, 2.05) is 22.7 Å². The molecule has 0 atom stereocenters. The Labute approximate surface area is 108 Å². The number of hydrogen-bond donors (Lipinski definition) is 0. The van der Waals surface area contributed by atoms with E-state index in [-0.39, 0.29) is 5.91 Å². The molecule has 0 spiro atoms. The van der Waals surface area contributed by atoms with Gasteiger partial charge < -0.3 is 14.2 Å². The van der Waals surface area contributed by atoms with Gasteiger partial charge in [-0.15, -0.1) is 0 Å². The molecule has 1 aromatic rings. The zero-order valence-electron chi connectivity index (χ0n) is 11.1. The molecule has 0 aromatic carbocycles. The summed E-state index contributed by atoms with van der Waals surface area (Å²) in [4.78, 5) is 16.0. The molecule has 0 bridgehead atoms. The first-order chi connectivity index (χ1) is 8.69. The molecule has 0 saturated carbocycles. The van der Waals surface area contributed by atoms with E-state index in [9.17, 15) is 4.79 Å². The number of carbonyl (C=O) groups is 1. The van der Waals surface area contributed by atoms with Crippen LogP contribution in [0.15, 0.2) is 18.5 Å². The summed E-state index contributed by atoms with van der Waals surface area (Å²) in [6.45, 7) is 4.42. The standard InChI is InChI=1S/C13H21N3O2/c1-14-4-3-12(9-14)10-15-5-6-16(7-8-18-2)13(17)11-15/h3-4,9H,5-8,10-11H2,1-2H3. The van der Waals surface area contributed by atoms with E-state index >= 15 is 0 Å². The molecule has 0 unspecified atom stereocenters. The van der Waals surface area contributed by atoms with Gasteiger partial charge in [-0.3, -0.25) is 9.69 Å². The minimum atomic E-state index is 0.203. The van der Waals surface area contributed by atoms with Gasteiger partial charge in [-0.25, -0.2) is 0 Å². The highest BCUT2D eigenvalue weighted by Crippen LogP contribution is 2.09. The van der Waals surface area contributed by atoms with Crippen molar-refractivity contribution in [1.29, 1.82) is 0 Å². The van der Waals surface area contributed by atoms with Crippen molar-refractivity contribution in [3.63, 3.8) is 0 Å². The monoisotopic (exact) mass is 251 g/mol. The Morgan fingerprint density at radius 2 is 2.22 bits per heavy atom. The Hall–Kier alpha value is -1.33. The summed E-state index contributed by atoms with van der Waals surface area (Å²) >= 11 is 0. The normalized spacial score (nSPS) is 17.4. The molecule has 2 heterocycles. The Morgan fingerprint density at radius 3 is 2.83 bits per heavy atom. The van der Waals surface area contributed by atoms with Gasteiger partial charge in [0, 0.05) is 52.7 Å². The molecule has 1 amide bonds. The van der Waals surface area contributed by atoms with Crippen LogP contribution in [0.3, 0.4) is 0 Å². The number of aryl methyl sites for hydroxylation is 1. The highest BCUT2D eigenvalue weighted by molar-refractivity contribution is 5.79. The van der Waals surface area contributed by atoms with Crippen molar-refractivity contribution < 1.29 is 9.53 Å². The van der Waals surface area contributed by atoms with Gasteiger partial charge in [0.2, 0.25) is 5.91 Å². The van der Waals surface area contributed by atoms with E-state index in [4.69, 9.17) is 4.74 Å². The summed E-state index contributed by atoms with van der Waals surface area (Å²) in [6, 6.07) is 2.10. The summed E-state index contributed by atoms with van der Waals surface area (Å²) in [5, 5.41) is 0. The Bertz CT molecular complexity index is 403. The molecule has 0 N–H and O–H groups in total. The maximum absolute atomic E-state index is 11.9.